The van der Waals surface area contributed by atoms with Gasteiger partial charge in [0.05, 0.1) is 19.3 Å². The highest BCUT2D eigenvalue weighted by Gasteiger charge is 2.40. The van der Waals surface area contributed by atoms with E-state index in [0.29, 0.717) is 0 Å². The fourth-order valence-corrected chi connectivity index (χ4v) is 6.85. The number of anilines is 1. The molecule has 7 N–H and O–H groups in total. The minimum Gasteiger partial charge on any atom is -0.394 e. The van der Waals surface area contributed by atoms with Crippen LogP contribution in [0.2, 0.25) is 0 Å². The first-order valence-corrected chi connectivity index (χ1v) is 20.4. The number of phosphoric acid groups is 2. The normalized spacial score (nSPS) is 14.6. The SMILES string of the molecule is CCN(CC)CC.CCN(CC)CC.CCN(CC)CC.Nc1ccn(C[C@@H](CO)OCP(=O)(O)OP(=O)(O)OP(=O)(O)O)c(=O)n1. The maximum atomic E-state index is 11.7. The Kier molecular flexibility index (Phi) is 29.7. The lowest BCUT2D eigenvalue weighted by atomic mass is 10.3. The molecule has 1 heterocycles. The largest absolute Gasteiger partial charge is 0.488 e. The molecule has 282 valence electrons. The van der Waals surface area contributed by atoms with Crippen molar-refractivity contribution in [2.45, 2.75) is 75.0 Å². The number of aliphatic hydroxyl groups excluding tert-OH is 1. The minimum absolute atomic E-state index is 0.0512. The van der Waals surface area contributed by atoms with Crippen molar-refractivity contribution in [3.63, 3.8) is 0 Å². The Bertz CT molecular complexity index is 1070. The first-order chi connectivity index (χ1) is 21.8. The molecule has 0 radical (unpaired) electrons. The molecule has 0 aliphatic heterocycles. The fourth-order valence-electron chi connectivity index (χ4n) is 3.51. The van der Waals surface area contributed by atoms with Crippen molar-refractivity contribution in [3.05, 3.63) is 22.7 Å². The average molecular weight is 743 g/mol. The number of aliphatic hydroxyl groups is 1. The van der Waals surface area contributed by atoms with E-state index in [1.54, 1.807) is 0 Å². The van der Waals surface area contributed by atoms with Gasteiger partial charge in [0, 0.05) is 6.20 Å². The van der Waals surface area contributed by atoms with Crippen LogP contribution < -0.4 is 11.4 Å². The van der Waals surface area contributed by atoms with E-state index in [1.807, 2.05) is 0 Å². The molecular weight excluding hydrogens is 681 g/mol. The number of aromatic nitrogens is 2. The second kappa shape index (κ2) is 27.7. The molecule has 21 heteroatoms. The molecule has 2 unspecified atom stereocenters. The molecular formula is C26H61N6O12P3. The quantitative estimate of drug-likeness (QED) is 0.111. The van der Waals surface area contributed by atoms with Gasteiger partial charge in [-0.15, -0.1) is 0 Å². The summed E-state index contributed by atoms with van der Waals surface area (Å²) in [5.74, 6) is -0.0512. The fraction of sp³-hybridized carbons (Fsp3) is 0.846. The van der Waals surface area contributed by atoms with Gasteiger partial charge in [-0.2, -0.15) is 9.29 Å². The molecule has 1 aromatic rings. The van der Waals surface area contributed by atoms with Crippen LogP contribution in [0.4, 0.5) is 5.82 Å². The third kappa shape index (κ3) is 28.5. The second-order valence-corrected chi connectivity index (χ2v) is 14.3. The zero-order chi connectivity index (χ0) is 37.3. The molecule has 0 fully saturated rings. The highest BCUT2D eigenvalue weighted by molar-refractivity contribution is 7.68. The predicted molar refractivity (Wildman–Crippen MR) is 184 cm³/mol. The Morgan fingerprint density at radius 2 is 1.15 bits per heavy atom. The minimum atomic E-state index is -5.58. The Labute approximate surface area is 280 Å². The molecule has 1 rings (SSSR count). The maximum Gasteiger partial charge on any atom is 0.488 e. The smallest absolute Gasteiger partial charge is 0.394 e. The molecule has 3 atom stereocenters. The van der Waals surface area contributed by atoms with Crippen LogP contribution in [-0.4, -0.2) is 127 Å². The van der Waals surface area contributed by atoms with E-state index in [0.717, 1.165) is 4.57 Å². The molecule has 0 aliphatic rings. The van der Waals surface area contributed by atoms with Gasteiger partial charge < -0.3 is 49.9 Å². The van der Waals surface area contributed by atoms with E-state index >= 15 is 0 Å². The average Bonchev–Trinajstić information content (AvgIpc) is 2.98. The van der Waals surface area contributed by atoms with Gasteiger partial charge in [0.2, 0.25) is 0 Å². The number of ether oxygens (including phenoxy) is 1. The second-order valence-electron chi connectivity index (χ2n) is 9.51. The first-order valence-electron chi connectivity index (χ1n) is 15.6. The summed E-state index contributed by atoms with van der Waals surface area (Å²) in [6, 6.07) is 1.28. The molecule has 47 heavy (non-hydrogen) atoms. The van der Waals surface area contributed by atoms with Gasteiger partial charge in [-0.05, 0) is 65.0 Å². The highest BCUT2D eigenvalue weighted by Crippen LogP contribution is 2.65. The van der Waals surface area contributed by atoms with Gasteiger partial charge in [0.1, 0.15) is 12.2 Å². The summed E-state index contributed by atoms with van der Waals surface area (Å²) < 4.78 is 46.3. The summed E-state index contributed by atoms with van der Waals surface area (Å²) in [4.78, 5) is 57.3. The third-order valence-electron chi connectivity index (χ3n) is 6.44. The first kappa shape index (κ1) is 50.3. The van der Waals surface area contributed by atoms with Crippen molar-refractivity contribution >= 4 is 29.1 Å². The predicted octanol–water partition coefficient (Wildman–Crippen LogP) is 2.62. The number of nitrogens with zero attached hydrogens (tertiary/aromatic N) is 5. The molecule has 0 amide bonds. The van der Waals surface area contributed by atoms with Crippen molar-refractivity contribution in [2.24, 2.45) is 0 Å². The van der Waals surface area contributed by atoms with Crippen LogP contribution in [0.5, 0.6) is 0 Å². The summed E-state index contributed by atoms with van der Waals surface area (Å²) in [7, 11) is -16.1. The topological polar surface area (TPSA) is 251 Å². The summed E-state index contributed by atoms with van der Waals surface area (Å²) in [5.41, 5.74) is 4.51. The Morgan fingerprint density at radius 1 is 0.766 bits per heavy atom. The zero-order valence-corrected chi connectivity index (χ0v) is 32.1. The van der Waals surface area contributed by atoms with Crippen molar-refractivity contribution in [1.82, 2.24) is 24.3 Å². The van der Waals surface area contributed by atoms with E-state index in [9.17, 15) is 28.5 Å². The van der Waals surface area contributed by atoms with Crippen LogP contribution in [0.15, 0.2) is 17.1 Å². The Morgan fingerprint density at radius 3 is 1.43 bits per heavy atom. The third-order valence-corrected chi connectivity index (χ3v) is 10.4. The highest BCUT2D eigenvalue weighted by atomic mass is 31.3. The molecule has 0 saturated heterocycles. The van der Waals surface area contributed by atoms with E-state index in [2.05, 4.69) is 90.6 Å². The molecule has 0 aromatic carbocycles. The van der Waals surface area contributed by atoms with Crippen LogP contribution in [0, 0.1) is 0 Å². The van der Waals surface area contributed by atoms with Gasteiger partial charge in [0.25, 0.3) is 0 Å². The van der Waals surface area contributed by atoms with Crippen molar-refractivity contribution < 1.29 is 51.7 Å². The number of hydrogen-bond donors (Lipinski definition) is 6. The van der Waals surface area contributed by atoms with Gasteiger partial charge in [-0.1, -0.05) is 62.3 Å². The summed E-state index contributed by atoms with van der Waals surface area (Å²) in [5, 5.41) is 9.19. The standard InChI is InChI=1S/C8H16N3O12P3.3C6H15N/c9-7-1-2-11(8(13)10-7)3-6(4-12)21-5-24(14,15)22-26(19,20)23-25(16,17)18;3*1-4-7(5-2)6-3/h1-2,6,12H,3-5H2,(H,14,15)(H,19,20)(H2,9,10,13)(H2,16,17,18);3*4-6H2,1-3H3/t6-;;;/m0.../s1. The van der Waals surface area contributed by atoms with Crippen molar-refractivity contribution in [2.75, 3.05) is 77.6 Å². The van der Waals surface area contributed by atoms with Crippen LogP contribution in [-0.2, 0) is 33.6 Å². The van der Waals surface area contributed by atoms with E-state index in [1.165, 1.54) is 71.2 Å². The zero-order valence-electron chi connectivity index (χ0n) is 29.5. The molecule has 18 nitrogen and oxygen atoms in total. The number of nitrogen functional groups attached to an aromatic ring is 1. The van der Waals surface area contributed by atoms with Crippen LogP contribution in [0.25, 0.3) is 0 Å². The van der Waals surface area contributed by atoms with Crippen molar-refractivity contribution in [3.8, 4) is 0 Å². The number of rotatable bonds is 19. The molecule has 0 saturated carbocycles. The lowest BCUT2D eigenvalue weighted by molar-refractivity contribution is 0.0188. The number of nitrogens with two attached hydrogens (primary N) is 1. The Hall–Kier alpha value is -1.07. The van der Waals surface area contributed by atoms with Gasteiger partial charge >= 0.3 is 28.9 Å². The molecule has 0 bridgehead atoms. The molecule has 1 aromatic heterocycles. The summed E-state index contributed by atoms with van der Waals surface area (Å²) in [6.07, 6.45) is -1.27. The lowest BCUT2D eigenvalue weighted by Gasteiger charge is -2.20. The molecule has 0 aliphatic carbocycles. The van der Waals surface area contributed by atoms with E-state index in [-0.39, 0.29) is 12.4 Å². The number of hydrogen-bond acceptors (Lipinski definition) is 13. The van der Waals surface area contributed by atoms with Crippen LogP contribution >= 0.6 is 23.2 Å². The van der Waals surface area contributed by atoms with Crippen LogP contribution in [0.3, 0.4) is 0 Å². The van der Waals surface area contributed by atoms with Gasteiger partial charge in [-0.25, -0.2) is 18.2 Å². The van der Waals surface area contributed by atoms with Crippen LogP contribution in [0.1, 0.15) is 62.3 Å². The van der Waals surface area contributed by atoms with E-state index < -0.39 is 48.0 Å². The van der Waals surface area contributed by atoms with E-state index in [4.69, 9.17) is 25.2 Å². The summed E-state index contributed by atoms with van der Waals surface area (Å²) in [6.45, 7) is 29.3. The lowest BCUT2D eigenvalue weighted by Crippen LogP contribution is -2.32. The summed E-state index contributed by atoms with van der Waals surface area (Å²) >= 11 is 0. The van der Waals surface area contributed by atoms with Crippen molar-refractivity contribution in [1.29, 1.82) is 0 Å². The van der Waals surface area contributed by atoms with Gasteiger partial charge in [-0.3, -0.25) is 9.13 Å². The monoisotopic (exact) mass is 742 g/mol. The van der Waals surface area contributed by atoms with Gasteiger partial charge in [0.15, 0.2) is 0 Å². The molecule has 0 spiro atoms. The maximum absolute atomic E-state index is 11.7. The Balaban J connectivity index is -0.000000743.